The van der Waals surface area contributed by atoms with Crippen molar-refractivity contribution in [2.75, 3.05) is 44.7 Å². The van der Waals surface area contributed by atoms with Gasteiger partial charge in [0.2, 0.25) is 0 Å². The van der Waals surface area contributed by atoms with Crippen molar-refractivity contribution in [3.8, 4) is 0 Å². The number of anilines is 1. The number of pyridine rings is 1. The summed E-state index contributed by atoms with van der Waals surface area (Å²) in [7, 11) is 2.12. The second kappa shape index (κ2) is 9.17. The quantitative estimate of drug-likeness (QED) is 0.804. The first-order valence-corrected chi connectivity index (χ1v) is 9.97. The molecule has 6 heteroatoms. The summed E-state index contributed by atoms with van der Waals surface area (Å²) in [6, 6.07) is 11.7. The number of aromatic nitrogens is 1. The second-order valence-electron chi connectivity index (χ2n) is 7.83. The topological polar surface area (TPSA) is 74.5 Å². The van der Waals surface area contributed by atoms with Gasteiger partial charge in [0.1, 0.15) is 5.82 Å². The molecular formula is C22H31N5O. The molecule has 0 aliphatic carbocycles. The number of nitrogens with one attached hydrogen (secondary N) is 1. The van der Waals surface area contributed by atoms with E-state index in [0.717, 1.165) is 37.6 Å². The predicted octanol–water partition coefficient (Wildman–Crippen LogP) is 2.39. The second-order valence-corrected chi connectivity index (χ2v) is 7.83. The van der Waals surface area contributed by atoms with Crippen molar-refractivity contribution >= 4 is 11.7 Å². The minimum absolute atomic E-state index is 0.118. The fourth-order valence-corrected chi connectivity index (χ4v) is 3.32. The molecule has 0 spiro atoms. The van der Waals surface area contributed by atoms with Crippen molar-refractivity contribution in [1.29, 1.82) is 0 Å². The van der Waals surface area contributed by atoms with Gasteiger partial charge in [-0.3, -0.25) is 4.79 Å². The van der Waals surface area contributed by atoms with Gasteiger partial charge in [-0.15, -0.1) is 0 Å². The molecule has 1 atom stereocenters. The average molecular weight is 382 g/mol. The van der Waals surface area contributed by atoms with Gasteiger partial charge in [0.15, 0.2) is 0 Å². The number of carbonyl (C=O) groups is 1. The van der Waals surface area contributed by atoms with Crippen LogP contribution in [0.2, 0.25) is 0 Å². The molecule has 0 bridgehead atoms. The number of benzene rings is 1. The Morgan fingerprint density at radius 1 is 1.11 bits per heavy atom. The van der Waals surface area contributed by atoms with Crippen molar-refractivity contribution in [2.24, 2.45) is 5.73 Å². The number of nitrogens with zero attached hydrogens (tertiary/aromatic N) is 3. The third-order valence-corrected chi connectivity index (χ3v) is 5.35. The van der Waals surface area contributed by atoms with E-state index in [1.165, 1.54) is 5.56 Å². The Kier molecular flexibility index (Phi) is 6.65. The lowest BCUT2D eigenvalue weighted by Crippen LogP contribution is -2.44. The fourth-order valence-electron chi connectivity index (χ4n) is 3.32. The summed E-state index contributed by atoms with van der Waals surface area (Å²) in [6.07, 6.45) is 1.70. The Morgan fingerprint density at radius 2 is 1.75 bits per heavy atom. The van der Waals surface area contributed by atoms with Gasteiger partial charge in [-0.1, -0.05) is 38.1 Å². The van der Waals surface area contributed by atoms with Crippen LogP contribution in [0, 0.1) is 0 Å². The summed E-state index contributed by atoms with van der Waals surface area (Å²) in [5, 5.41) is 2.95. The van der Waals surface area contributed by atoms with Gasteiger partial charge in [-0.2, -0.15) is 0 Å². The van der Waals surface area contributed by atoms with E-state index in [4.69, 9.17) is 5.73 Å². The molecule has 2 heterocycles. The smallest absolute Gasteiger partial charge is 0.251 e. The van der Waals surface area contributed by atoms with E-state index >= 15 is 0 Å². The number of hydrogen-bond acceptors (Lipinski definition) is 5. The van der Waals surface area contributed by atoms with E-state index in [1.54, 1.807) is 12.3 Å². The highest BCUT2D eigenvalue weighted by atomic mass is 16.1. The summed E-state index contributed by atoms with van der Waals surface area (Å²) in [4.78, 5) is 21.5. The largest absolute Gasteiger partial charge is 0.354 e. The number of piperazine rings is 1. The molecule has 3 N–H and O–H groups in total. The normalized spacial score (nSPS) is 16.2. The summed E-state index contributed by atoms with van der Waals surface area (Å²) in [5.41, 5.74) is 9.20. The third kappa shape index (κ3) is 5.09. The van der Waals surface area contributed by atoms with Crippen LogP contribution < -0.4 is 16.0 Å². The van der Waals surface area contributed by atoms with Gasteiger partial charge < -0.3 is 20.9 Å². The molecule has 1 unspecified atom stereocenters. The van der Waals surface area contributed by atoms with Crippen molar-refractivity contribution in [3.05, 3.63) is 59.3 Å². The number of likely N-dealkylation sites (N-methyl/N-ethyl adjacent to an activating group) is 1. The minimum Gasteiger partial charge on any atom is -0.354 e. The molecular weight excluding hydrogens is 350 g/mol. The van der Waals surface area contributed by atoms with E-state index < -0.39 is 0 Å². The SMILES string of the molecule is CC(C)c1ccc(C(N)CNC(=O)c2ccnc(N3CCN(C)CC3)c2)cc1. The number of hydrogen-bond donors (Lipinski definition) is 2. The Hall–Kier alpha value is -2.44. The molecule has 1 aromatic carbocycles. The van der Waals surface area contributed by atoms with Gasteiger partial charge in [-0.25, -0.2) is 4.98 Å². The number of amides is 1. The third-order valence-electron chi connectivity index (χ3n) is 5.35. The Labute approximate surface area is 167 Å². The molecule has 1 aromatic heterocycles. The van der Waals surface area contributed by atoms with Crippen LogP contribution in [0.4, 0.5) is 5.82 Å². The van der Waals surface area contributed by atoms with E-state index in [0.29, 0.717) is 18.0 Å². The van der Waals surface area contributed by atoms with Crippen LogP contribution in [0.3, 0.4) is 0 Å². The molecule has 1 aliphatic heterocycles. The highest BCUT2D eigenvalue weighted by molar-refractivity contribution is 5.94. The van der Waals surface area contributed by atoms with E-state index in [-0.39, 0.29) is 11.9 Å². The summed E-state index contributed by atoms with van der Waals surface area (Å²) in [6.45, 7) is 8.58. The maximum atomic E-state index is 12.6. The van der Waals surface area contributed by atoms with Gasteiger partial charge in [0, 0.05) is 50.5 Å². The highest BCUT2D eigenvalue weighted by Gasteiger charge is 2.17. The predicted molar refractivity (Wildman–Crippen MR) is 114 cm³/mol. The molecule has 3 rings (SSSR count). The summed E-state index contributed by atoms with van der Waals surface area (Å²) < 4.78 is 0. The molecule has 1 aliphatic rings. The van der Waals surface area contributed by atoms with Crippen molar-refractivity contribution < 1.29 is 4.79 Å². The summed E-state index contributed by atoms with van der Waals surface area (Å²) in [5.74, 6) is 1.23. The van der Waals surface area contributed by atoms with Crippen LogP contribution in [0.15, 0.2) is 42.6 Å². The maximum absolute atomic E-state index is 12.6. The maximum Gasteiger partial charge on any atom is 0.251 e. The average Bonchev–Trinajstić information content (AvgIpc) is 2.72. The van der Waals surface area contributed by atoms with Gasteiger partial charge in [-0.05, 0) is 36.2 Å². The van der Waals surface area contributed by atoms with Gasteiger partial charge in [0.05, 0.1) is 0 Å². The fraction of sp³-hybridized carbons (Fsp3) is 0.455. The lowest BCUT2D eigenvalue weighted by molar-refractivity contribution is 0.0951. The zero-order valence-electron chi connectivity index (χ0n) is 17.1. The van der Waals surface area contributed by atoms with Crippen molar-refractivity contribution in [1.82, 2.24) is 15.2 Å². The Bertz CT molecular complexity index is 782. The molecule has 1 saturated heterocycles. The number of nitrogens with two attached hydrogens (primary N) is 1. The van der Waals surface area contributed by atoms with Crippen molar-refractivity contribution in [2.45, 2.75) is 25.8 Å². The molecule has 1 fully saturated rings. The van der Waals surface area contributed by atoms with E-state index in [2.05, 4.69) is 53.1 Å². The Morgan fingerprint density at radius 3 is 2.39 bits per heavy atom. The Balaban J connectivity index is 1.58. The van der Waals surface area contributed by atoms with Crippen LogP contribution in [0.25, 0.3) is 0 Å². The lowest BCUT2D eigenvalue weighted by Gasteiger charge is -2.33. The monoisotopic (exact) mass is 381 g/mol. The molecule has 150 valence electrons. The van der Waals surface area contributed by atoms with Crippen LogP contribution in [0.1, 0.15) is 47.3 Å². The molecule has 0 saturated carbocycles. The van der Waals surface area contributed by atoms with Crippen LogP contribution in [-0.2, 0) is 0 Å². The summed E-state index contributed by atoms with van der Waals surface area (Å²) >= 11 is 0. The molecule has 0 radical (unpaired) electrons. The van der Waals surface area contributed by atoms with E-state index in [1.807, 2.05) is 18.2 Å². The zero-order chi connectivity index (χ0) is 20.1. The first-order chi connectivity index (χ1) is 13.4. The molecule has 2 aromatic rings. The van der Waals surface area contributed by atoms with Crippen LogP contribution >= 0.6 is 0 Å². The molecule has 6 nitrogen and oxygen atoms in total. The van der Waals surface area contributed by atoms with E-state index in [9.17, 15) is 4.79 Å². The standard InChI is InChI=1S/C22H31N5O/c1-16(2)17-4-6-18(7-5-17)20(23)15-25-22(28)19-8-9-24-21(14-19)27-12-10-26(3)11-13-27/h4-9,14,16,20H,10-13,15,23H2,1-3H3,(H,25,28). The van der Waals surface area contributed by atoms with Crippen molar-refractivity contribution in [3.63, 3.8) is 0 Å². The lowest BCUT2D eigenvalue weighted by atomic mass is 9.99. The highest BCUT2D eigenvalue weighted by Crippen LogP contribution is 2.18. The van der Waals surface area contributed by atoms with Gasteiger partial charge >= 0.3 is 0 Å². The zero-order valence-corrected chi connectivity index (χ0v) is 17.1. The van der Waals surface area contributed by atoms with Crippen LogP contribution in [-0.4, -0.2) is 55.6 Å². The molecule has 1 amide bonds. The number of rotatable bonds is 6. The first-order valence-electron chi connectivity index (χ1n) is 9.97. The molecule has 28 heavy (non-hydrogen) atoms. The van der Waals surface area contributed by atoms with Crippen LogP contribution in [0.5, 0.6) is 0 Å². The number of carbonyl (C=O) groups excluding carboxylic acids is 1. The first kappa shape index (κ1) is 20.3. The minimum atomic E-state index is -0.232. The van der Waals surface area contributed by atoms with Gasteiger partial charge in [0.25, 0.3) is 5.91 Å².